The Labute approximate surface area is 127 Å². The third-order valence-corrected chi connectivity index (χ3v) is 4.85. The van der Waals surface area contributed by atoms with E-state index in [2.05, 4.69) is 18.8 Å². The fourth-order valence-corrected chi connectivity index (χ4v) is 3.90. The number of nitrogens with zero attached hydrogens (tertiary/aromatic N) is 3. The monoisotopic (exact) mass is 305 g/mol. The quantitative estimate of drug-likeness (QED) is 0.852. The predicted molar refractivity (Wildman–Crippen MR) is 83.4 cm³/mol. The van der Waals surface area contributed by atoms with E-state index in [0.717, 1.165) is 19.5 Å². The number of rotatable bonds is 2. The van der Waals surface area contributed by atoms with Crippen LogP contribution in [0, 0.1) is 11.8 Å². The molecule has 0 radical (unpaired) electrons. The Morgan fingerprint density at radius 3 is 2.81 bits per heavy atom. The van der Waals surface area contributed by atoms with Crippen LogP contribution >= 0.6 is 11.3 Å². The summed E-state index contributed by atoms with van der Waals surface area (Å²) < 4.78 is 2.04. The highest BCUT2D eigenvalue weighted by molar-refractivity contribution is 7.17. The van der Waals surface area contributed by atoms with E-state index in [0.29, 0.717) is 22.1 Å². The molecule has 112 valence electrons. The minimum absolute atomic E-state index is 0.00760. The van der Waals surface area contributed by atoms with Crippen molar-refractivity contribution in [2.45, 2.75) is 26.8 Å². The molecule has 0 saturated carbocycles. The van der Waals surface area contributed by atoms with Gasteiger partial charge < -0.3 is 4.90 Å². The Balaban J connectivity index is 1.80. The molecule has 2 aromatic rings. The third kappa shape index (κ3) is 2.85. The van der Waals surface area contributed by atoms with Gasteiger partial charge in [0.05, 0.1) is 11.8 Å². The number of piperidine rings is 1. The molecule has 2 aromatic heterocycles. The SMILES string of the molecule is C[C@H]1C[C@H](C)CN(C(=O)Cn2cnc3ccsc3c2=O)C1. The number of aromatic nitrogens is 2. The first-order valence-electron chi connectivity index (χ1n) is 7.25. The Morgan fingerprint density at radius 2 is 2.10 bits per heavy atom. The van der Waals surface area contributed by atoms with Crippen LogP contribution < -0.4 is 5.56 Å². The normalized spacial score (nSPS) is 22.7. The van der Waals surface area contributed by atoms with Crippen molar-refractivity contribution in [1.82, 2.24) is 14.5 Å². The topological polar surface area (TPSA) is 55.2 Å². The van der Waals surface area contributed by atoms with Gasteiger partial charge in [0, 0.05) is 13.1 Å². The maximum Gasteiger partial charge on any atom is 0.271 e. The van der Waals surface area contributed by atoms with Crippen molar-refractivity contribution in [3.05, 3.63) is 28.1 Å². The molecule has 0 aliphatic carbocycles. The van der Waals surface area contributed by atoms with Crippen LogP contribution in [-0.4, -0.2) is 33.4 Å². The molecule has 1 aliphatic rings. The van der Waals surface area contributed by atoms with Crippen molar-refractivity contribution in [2.75, 3.05) is 13.1 Å². The van der Waals surface area contributed by atoms with Crippen LogP contribution in [0.15, 0.2) is 22.6 Å². The van der Waals surface area contributed by atoms with Gasteiger partial charge >= 0.3 is 0 Å². The minimum Gasteiger partial charge on any atom is -0.341 e. The maximum absolute atomic E-state index is 12.4. The molecule has 1 aliphatic heterocycles. The van der Waals surface area contributed by atoms with Gasteiger partial charge in [0.15, 0.2) is 0 Å². The van der Waals surface area contributed by atoms with E-state index in [1.165, 1.54) is 22.2 Å². The first-order chi connectivity index (χ1) is 10.0. The van der Waals surface area contributed by atoms with Gasteiger partial charge in [-0.2, -0.15) is 0 Å². The van der Waals surface area contributed by atoms with Crippen molar-refractivity contribution in [1.29, 1.82) is 0 Å². The van der Waals surface area contributed by atoms with Gasteiger partial charge in [-0.05, 0) is 29.7 Å². The average molecular weight is 305 g/mol. The molecule has 5 nitrogen and oxygen atoms in total. The second kappa shape index (κ2) is 5.60. The van der Waals surface area contributed by atoms with E-state index in [1.54, 1.807) is 0 Å². The molecule has 2 atom stereocenters. The Hall–Kier alpha value is -1.69. The fourth-order valence-electron chi connectivity index (χ4n) is 3.10. The molecule has 1 amide bonds. The summed E-state index contributed by atoms with van der Waals surface area (Å²) in [6.45, 7) is 5.99. The number of carbonyl (C=O) groups excluding carboxylic acids is 1. The van der Waals surface area contributed by atoms with Crippen molar-refractivity contribution in [3.63, 3.8) is 0 Å². The zero-order valence-electron chi connectivity index (χ0n) is 12.3. The first kappa shape index (κ1) is 14.3. The van der Waals surface area contributed by atoms with Gasteiger partial charge in [0.2, 0.25) is 5.91 Å². The van der Waals surface area contributed by atoms with Gasteiger partial charge in [-0.3, -0.25) is 14.2 Å². The number of likely N-dealkylation sites (tertiary alicyclic amines) is 1. The predicted octanol–water partition coefficient (Wildman–Crippen LogP) is 1.96. The van der Waals surface area contributed by atoms with E-state index >= 15 is 0 Å². The summed E-state index contributed by atoms with van der Waals surface area (Å²) in [4.78, 5) is 30.8. The second-order valence-corrected chi connectivity index (χ2v) is 6.97. The first-order valence-corrected chi connectivity index (χ1v) is 8.13. The van der Waals surface area contributed by atoms with Crippen LogP contribution in [0.25, 0.3) is 10.2 Å². The summed E-state index contributed by atoms with van der Waals surface area (Å²) in [6, 6.07) is 1.82. The summed E-state index contributed by atoms with van der Waals surface area (Å²) in [5.41, 5.74) is 0.579. The summed E-state index contributed by atoms with van der Waals surface area (Å²) in [6.07, 6.45) is 2.64. The smallest absolute Gasteiger partial charge is 0.271 e. The van der Waals surface area contributed by atoms with Crippen molar-refractivity contribution < 1.29 is 4.79 Å². The third-order valence-electron chi connectivity index (χ3n) is 3.96. The number of hydrogen-bond acceptors (Lipinski definition) is 4. The maximum atomic E-state index is 12.4. The number of fused-ring (bicyclic) bond motifs is 1. The molecular weight excluding hydrogens is 286 g/mol. The summed E-state index contributed by atoms with van der Waals surface area (Å²) in [5, 5.41) is 1.85. The van der Waals surface area contributed by atoms with E-state index in [1.807, 2.05) is 16.3 Å². The fraction of sp³-hybridized carbons (Fsp3) is 0.533. The zero-order valence-corrected chi connectivity index (χ0v) is 13.1. The summed E-state index contributed by atoms with van der Waals surface area (Å²) in [5.74, 6) is 1.05. The molecule has 0 unspecified atom stereocenters. The highest BCUT2D eigenvalue weighted by Gasteiger charge is 2.25. The lowest BCUT2D eigenvalue weighted by Crippen LogP contribution is -2.44. The standard InChI is InChI=1S/C15H19N3O2S/c1-10-5-11(2)7-17(6-10)13(19)8-18-9-16-12-3-4-21-14(12)15(18)20/h3-4,9-11H,5-8H2,1-2H3/t10-,11-/m0/s1. The Kier molecular flexibility index (Phi) is 3.80. The van der Waals surface area contributed by atoms with E-state index < -0.39 is 0 Å². The molecule has 0 N–H and O–H groups in total. The lowest BCUT2D eigenvalue weighted by atomic mass is 9.92. The number of carbonyl (C=O) groups is 1. The largest absolute Gasteiger partial charge is 0.341 e. The molecule has 0 aromatic carbocycles. The molecule has 3 heterocycles. The van der Waals surface area contributed by atoms with Crippen LogP contribution in [0.3, 0.4) is 0 Å². The lowest BCUT2D eigenvalue weighted by Gasteiger charge is -2.35. The lowest BCUT2D eigenvalue weighted by molar-refractivity contribution is -0.134. The highest BCUT2D eigenvalue weighted by atomic mass is 32.1. The molecule has 0 bridgehead atoms. The van der Waals surface area contributed by atoms with Gasteiger partial charge in [-0.25, -0.2) is 4.98 Å². The number of thiophene rings is 1. The Bertz CT molecular complexity index is 711. The van der Waals surface area contributed by atoms with Crippen LogP contribution in [-0.2, 0) is 11.3 Å². The van der Waals surface area contributed by atoms with E-state index in [4.69, 9.17) is 0 Å². The number of hydrogen-bond donors (Lipinski definition) is 0. The number of amides is 1. The molecule has 1 saturated heterocycles. The van der Waals surface area contributed by atoms with Crippen molar-refractivity contribution in [3.8, 4) is 0 Å². The van der Waals surface area contributed by atoms with Gasteiger partial charge in [0.1, 0.15) is 11.2 Å². The van der Waals surface area contributed by atoms with Crippen LogP contribution in [0.5, 0.6) is 0 Å². The molecular formula is C15H19N3O2S. The molecule has 6 heteroatoms. The van der Waals surface area contributed by atoms with Crippen molar-refractivity contribution in [2.24, 2.45) is 11.8 Å². The summed E-state index contributed by atoms with van der Waals surface area (Å²) >= 11 is 1.37. The van der Waals surface area contributed by atoms with Crippen molar-refractivity contribution >= 4 is 27.5 Å². The molecule has 3 rings (SSSR count). The van der Waals surface area contributed by atoms with Gasteiger partial charge in [-0.1, -0.05) is 13.8 Å². The van der Waals surface area contributed by atoms with E-state index in [9.17, 15) is 9.59 Å². The average Bonchev–Trinajstić information content (AvgIpc) is 2.90. The highest BCUT2D eigenvalue weighted by Crippen LogP contribution is 2.21. The van der Waals surface area contributed by atoms with E-state index in [-0.39, 0.29) is 18.0 Å². The summed E-state index contributed by atoms with van der Waals surface area (Å²) in [7, 11) is 0. The molecule has 1 fully saturated rings. The minimum atomic E-state index is -0.124. The van der Waals surface area contributed by atoms with Crippen LogP contribution in [0.4, 0.5) is 0 Å². The van der Waals surface area contributed by atoms with Gasteiger partial charge in [0.25, 0.3) is 5.56 Å². The second-order valence-electron chi connectivity index (χ2n) is 6.06. The molecule has 21 heavy (non-hydrogen) atoms. The van der Waals surface area contributed by atoms with Crippen LogP contribution in [0.2, 0.25) is 0 Å². The van der Waals surface area contributed by atoms with Gasteiger partial charge in [-0.15, -0.1) is 11.3 Å². The molecule has 0 spiro atoms. The Morgan fingerprint density at radius 1 is 1.38 bits per heavy atom. The zero-order chi connectivity index (χ0) is 15.0. The van der Waals surface area contributed by atoms with Crippen LogP contribution in [0.1, 0.15) is 20.3 Å².